The molecule has 1 aliphatic rings. The van der Waals surface area contributed by atoms with E-state index in [4.69, 9.17) is 4.74 Å². The highest BCUT2D eigenvalue weighted by molar-refractivity contribution is 9.10. The number of aryl methyl sites for hydroxylation is 1. The molecule has 1 aliphatic carbocycles. The fraction of sp³-hybridized carbons (Fsp3) is 0.263. The minimum Gasteiger partial charge on any atom is -0.483 e. The van der Waals surface area contributed by atoms with Crippen LogP contribution in [0.4, 0.5) is 0 Å². The van der Waals surface area contributed by atoms with Crippen molar-refractivity contribution in [3.8, 4) is 5.75 Å². The fourth-order valence-corrected chi connectivity index (χ4v) is 3.40. The molecule has 3 rings (SSSR count). The highest BCUT2D eigenvalue weighted by atomic mass is 79.9. The molecule has 1 N–H and O–H groups in total. The number of hydrogen-bond acceptors (Lipinski definition) is 3. The number of amides is 1. The molecule has 0 spiro atoms. The topological polar surface area (TPSA) is 55.4 Å². The van der Waals surface area contributed by atoms with Crippen molar-refractivity contribution in [2.75, 3.05) is 6.61 Å². The lowest BCUT2D eigenvalue weighted by molar-refractivity contribution is -0.124. The molecular formula is C19H18BrNO3. The number of carbonyl (C=O) groups is 2. The van der Waals surface area contributed by atoms with Crippen LogP contribution in [-0.2, 0) is 11.2 Å². The van der Waals surface area contributed by atoms with Crippen LogP contribution in [0.3, 0.4) is 0 Å². The van der Waals surface area contributed by atoms with E-state index in [-0.39, 0.29) is 18.6 Å². The Kier molecular flexibility index (Phi) is 5.30. The van der Waals surface area contributed by atoms with E-state index in [1.807, 2.05) is 12.1 Å². The van der Waals surface area contributed by atoms with E-state index in [9.17, 15) is 9.59 Å². The number of aldehydes is 1. The monoisotopic (exact) mass is 387 g/mol. The van der Waals surface area contributed by atoms with Crippen LogP contribution in [-0.4, -0.2) is 18.8 Å². The number of nitrogens with one attached hydrogen (secondary N) is 1. The summed E-state index contributed by atoms with van der Waals surface area (Å²) in [7, 11) is 0. The molecule has 124 valence electrons. The SMILES string of the molecule is O=Cc1cc(Br)ccc1OCC(=O)N[C@@H]1CCCc2ccccc21. The number of ether oxygens (including phenoxy) is 1. The molecule has 4 nitrogen and oxygen atoms in total. The summed E-state index contributed by atoms with van der Waals surface area (Å²) in [6.07, 6.45) is 3.77. The second-order valence-corrected chi connectivity index (χ2v) is 6.72. The molecule has 0 heterocycles. The molecule has 24 heavy (non-hydrogen) atoms. The van der Waals surface area contributed by atoms with Crippen molar-refractivity contribution in [1.82, 2.24) is 5.32 Å². The largest absolute Gasteiger partial charge is 0.483 e. The first kappa shape index (κ1) is 16.7. The van der Waals surface area contributed by atoms with E-state index in [0.29, 0.717) is 11.3 Å². The van der Waals surface area contributed by atoms with Crippen LogP contribution in [0.5, 0.6) is 5.75 Å². The van der Waals surface area contributed by atoms with E-state index >= 15 is 0 Å². The molecule has 0 aromatic heterocycles. The van der Waals surface area contributed by atoms with Crippen LogP contribution >= 0.6 is 15.9 Å². The van der Waals surface area contributed by atoms with Gasteiger partial charge in [-0.25, -0.2) is 0 Å². The molecular weight excluding hydrogens is 370 g/mol. The van der Waals surface area contributed by atoms with Gasteiger partial charge in [-0.3, -0.25) is 9.59 Å². The van der Waals surface area contributed by atoms with Gasteiger partial charge < -0.3 is 10.1 Å². The summed E-state index contributed by atoms with van der Waals surface area (Å²) >= 11 is 3.30. The van der Waals surface area contributed by atoms with Crippen molar-refractivity contribution < 1.29 is 14.3 Å². The van der Waals surface area contributed by atoms with Crippen molar-refractivity contribution in [2.45, 2.75) is 25.3 Å². The Morgan fingerprint density at radius 3 is 2.96 bits per heavy atom. The summed E-state index contributed by atoms with van der Waals surface area (Å²) in [4.78, 5) is 23.3. The minimum absolute atomic E-state index is 0.0292. The maximum atomic E-state index is 12.2. The van der Waals surface area contributed by atoms with Gasteiger partial charge in [0.2, 0.25) is 0 Å². The standard InChI is InChI=1S/C19H18BrNO3/c20-15-8-9-18(14(10-15)11-22)24-12-19(23)21-17-7-3-5-13-4-1-2-6-16(13)17/h1-2,4,6,8-11,17H,3,5,7,12H2,(H,21,23)/t17-/m1/s1. The summed E-state index contributed by atoms with van der Waals surface area (Å²) in [5.74, 6) is 0.226. The lowest BCUT2D eigenvalue weighted by Crippen LogP contribution is -2.34. The van der Waals surface area contributed by atoms with Gasteiger partial charge in [-0.05, 0) is 48.6 Å². The van der Waals surface area contributed by atoms with Crippen LogP contribution in [0.15, 0.2) is 46.9 Å². The van der Waals surface area contributed by atoms with Gasteiger partial charge >= 0.3 is 0 Å². The molecule has 0 fully saturated rings. The number of hydrogen-bond donors (Lipinski definition) is 1. The summed E-state index contributed by atoms with van der Waals surface area (Å²) in [5, 5.41) is 3.03. The van der Waals surface area contributed by atoms with Crippen molar-refractivity contribution in [3.05, 3.63) is 63.6 Å². The van der Waals surface area contributed by atoms with Gasteiger partial charge in [0.25, 0.3) is 5.91 Å². The maximum Gasteiger partial charge on any atom is 0.258 e. The first-order chi connectivity index (χ1) is 11.7. The number of rotatable bonds is 5. The molecule has 0 saturated heterocycles. The van der Waals surface area contributed by atoms with Crippen LogP contribution in [0.1, 0.15) is 40.4 Å². The van der Waals surface area contributed by atoms with Crippen molar-refractivity contribution in [2.24, 2.45) is 0 Å². The third-order valence-corrected chi connectivity index (χ3v) is 4.66. The van der Waals surface area contributed by atoms with Gasteiger partial charge in [0.1, 0.15) is 5.75 Å². The molecule has 0 saturated carbocycles. The molecule has 0 bridgehead atoms. The molecule has 2 aromatic carbocycles. The Morgan fingerprint density at radius 1 is 1.29 bits per heavy atom. The summed E-state index contributed by atoms with van der Waals surface area (Å²) in [6, 6.07) is 13.4. The first-order valence-corrected chi connectivity index (χ1v) is 8.71. The fourth-order valence-electron chi connectivity index (χ4n) is 3.03. The molecule has 1 amide bonds. The zero-order chi connectivity index (χ0) is 16.9. The highest BCUT2D eigenvalue weighted by Gasteiger charge is 2.21. The predicted molar refractivity (Wildman–Crippen MR) is 95.3 cm³/mol. The zero-order valence-corrected chi connectivity index (χ0v) is 14.7. The maximum absolute atomic E-state index is 12.2. The lowest BCUT2D eigenvalue weighted by Gasteiger charge is -2.26. The Hall–Kier alpha value is -2.14. The number of benzene rings is 2. The quantitative estimate of drug-likeness (QED) is 0.793. The van der Waals surface area contributed by atoms with Crippen molar-refractivity contribution in [1.29, 1.82) is 0 Å². The molecule has 2 aromatic rings. The summed E-state index contributed by atoms with van der Waals surface area (Å²) in [5.41, 5.74) is 2.90. The van der Waals surface area contributed by atoms with Crippen molar-refractivity contribution in [3.63, 3.8) is 0 Å². The van der Waals surface area contributed by atoms with Gasteiger partial charge in [-0.1, -0.05) is 40.2 Å². The second-order valence-electron chi connectivity index (χ2n) is 5.80. The Balaban J connectivity index is 1.62. The number of carbonyl (C=O) groups excluding carboxylic acids is 2. The highest BCUT2D eigenvalue weighted by Crippen LogP contribution is 2.29. The van der Waals surface area contributed by atoms with Crippen LogP contribution in [0.2, 0.25) is 0 Å². The smallest absolute Gasteiger partial charge is 0.258 e. The Labute approximate surface area is 149 Å². The van der Waals surface area contributed by atoms with Crippen LogP contribution in [0.25, 0.3) is 0 Å². The van der Waals surface area contributed by atoms with E-state index in [1.165, 1.54) is 11.1 Å². The zero-order valence-electron chi connectivity index (χ0n) is 13.1. The summed E-state index contributed by atoms with van der Waals surface area (Å²) < 4.78 is 6.30. The molecule has 5 heteroatoms. The van der Waals surface area contributed by atoms with Crippen LogP contribution in [0, 0.1) is 0 Å². The lowest BCUT2D eigenvalue weighted by atomic mass is 9.88. The third kappa shape index (κ3) is 3.85. The van der Waals surface area contributed by atoms with Gasteiger partial charge in [0, 0.05) is 4.47 Å². The van der Waals surface area contributed by atoms with Gasteiger partial charge in [0.05, 0.1) is 11.6 Å². The van der Waals surface area contributed by atoms with E-state index in [0.717, 1.165) is 30.0 Å². The van der Waals surface area contributed by atoms with Crippen molar-refractivity contribution >= 4 is 28.1 Å². The average molecular weight is 388 g/mol. The van der Waals surface area contributed by atoms with Crippen LogP contribution < -0.4 is 10.1 Å². The van der Waals surface area contributed by atoms with Gasteiger partial charge in [0.15, 0.2) is 12.9 Å². The number of fused-ring (bicyclic) bond motifs is 1. The van der Waals surface area contributed by atoms with E-state index in [2.05, 4.69) is 33.4 Å². The first-order valence-electron chi connectivity index (χ1n) is 7.92. The van der Waals surface area contributed by atoms with Gasteiger partial charge in [-0.2, -0.15) is 0 Å². The second kappa shape index (κ2) is 7.62. The van der Waals surface area contributed by atoms with E-state index < -0.39 is 0 Å². The Bertz CT molecular complexity index is 760. The number of halogens is 1. The molecule has 1 atom stereocenters. The summed E-state index contributed by atoms with van der Waals surface area (Å²) in [6.45, 7) is -0.110. The third-order valence-electron chi connectivity index (χ3n) is 4.16. The molecule has 0 unspecified atom stereocenters. The molecule has 0 aliphatic heterocycles. The Morgan fingerprint density at radius 2 is 2.12 bits per heavy atom. The normalized spacial score (nSPS) is 16.1. The van der Waals surface area contributed by atoms with E-state index in [1.54, 1.807) is 18.2 Å². The predicted octanol–water partition coefficient (Wildman–Crippen LogP) is 3.83. The molecule has 0 radical (unpaired) electrons. The minimum atomic E-state index is -0.184. The average Bonchev–Trinajstić information content (AvgIpc) is 2.61. The van der Waals surface area contributed by atoms with Gasteiger partial charge in [-0.15, -0.1) is 0 Å².